The van der Waals surface area contributed by atoms with E-state index in [-0.39, 0.29) is 5.41 Å². The molecule has 3 nitrogen and oxygen atoms in total. The zero-order valence-electron chi connectivity index (χ0n) is 14.3. The minimum atomic E-state index is -0.811. The van der Waals surface area contributed by atoms with Gasteiger partial charge in [0.1, 0.15) is 5.75 Å². The van der Waals surface area contributed by atoms with E-state index in [1.165, 1.54) is 5.56 Å². The van der Waals surface area contributed by atoms with Crippen LogP contribution in [0.1, 0.15) is 58.2 Å². The molecular weight excluding hydrogens is 264 g/mol. The lowest BCUT2D eigenvalue weighted by atomic mass is 9.79. The summed E-state index contributed by atoms with van der Waals surface area (Å²) in [6.45, 7) is 12.1. The Bertz CT molecular complexity index is 522. The number of rotatable bonds is 5. The van der Waals surface area contributed by atoms with Crippen molar-refractivity contribution >= 4 is 5.97 Å². The number of carbonyl (C=O) groups is 1. The summed E-state index contributed by atoms with van der Waals surface area (Å²) in [4.78, 5) is 11.4. The highest BCUT2D eigenvalue weighted by atomic mass is 16.5. The summed E-state index contributed by atoms with van der Waals surface area (Å²) in [7, 11) is 1.66. The van der Waals surface area contributed by atoms with Crippen molar-refractivity contribution in [1.29, 1.82) is 0 Å². The molecule has 0 atom stereocenters. The molecule has 0 aliphatic heterocycles. The number of hydrogen-bond acceptors (Lipinski definition) is 2. The molecule has 1 aromatic carbocycles. The molecule has 0 aromatic heterocycles. The lowest BCUT2D eigenvalue weighted by Gasteiger charge is -2.27. The molecule has 1 rings (SSSR count). The maximum atomic E-state index is 11.4. The number of methoxy groups -OCH3 is 1. The quantitative estimate of drug-likeness (QED) is 0.884. The molecule has 0 saturated heterocycles. The van der Waals surface area contributed by atoms with E-state index in [1.54, 1.807) is 21.0 Å². The summed E-state index contributed by atoms with van der Waals surface area (Å²) in [5, 5.41) is 9.38. The Morgan fingerprint density at radius 2 is 1.76 bits per heavy atom. The second-order valence-corrected chi connectivity index (χ2v) is 7.31. The van der Waals surface area contributed by atoms with E-state index in [0.717, 1.165) is 23.3 Å². The van der Waals surface area contributed by atoms with Gasteiger partial charge in [-0.3, -0.25) is 4.79 Å². The van der Waals surface area contributed by atoms with E-state index >= 15 is 0 Å². The van der Waals surface area contributed by atoms with Crippen LogP contribution < -0.4 is 4.74 Å². The molecule has 21 heavy (non-hydrogen) atoms. The van der Waals surface area contributed by atoms with Gasteiger partial charge in [-0.2, -0.15) is 0 Å². The number of carboxylic acids is 1. The molecule has 3 heteroatoms. The summed E-state index contributed by atoms with van der Waals surface area (Å²) in [6.07, 6.45) is 1.38. The summed E-state index contributed by atoms with van der Waals surface area (Å²) in [5.74, 6) is 0.0396. The lowest BCUT2D eigenvalue weighted by Crippen LogP contribution is -2.27. The van der Waals surface area contributed by atoms with Crippen LogP contribution in [0.3, 0.4) is 0 Å². The molecule has 1 N–H and O–H groups in total. The molecule has 0 heterocycles. The van der Waals surface area contributed by atoms with E-state index < -0.39 is 11.4 Å². The van der Waals surface area contributed by atoms with E-state index in [4.69, 9.17) is 4.74 Å². The van der Waals surface area contributed by atoms with Crippen LogP contribution in [-0.4, -0.2) is 18.2 Å². The van der Waals surface area contributed by atoms with Gasteiger partial charge in [-0.25, -0.2) is 0 Å². The molecule has 118 valence electrons. The second kappa shape index (κ2) is 6.08. The van der Waals surface area contributed by atoms with Crippen molar-refractivity contribution in [2.75, 3.05) is 7.11 Å². The van der Waals surface area contributed by atoms with Gasteiger partial charge in [0.25, 0.3) is 0 Å². The third-order valence-electron chi connectivity index (χ3n) is 3.86. The Morgan fingerprint density at radius 1 is 1.19 bits per heavy atom. The summed E-state index contributed by atoms with van der Waals surface area (Å²) in [6, 6.07) is 4.26. The maximum absolute atomic E-state index is 11.4. The number of hydrogen-bond donors (Lipinski definition) is 1. The fourth-order valence-corrected chi connectivity index (χ4v) is 2.44. The van der Waals surface area contributed by atoms with Gasteiger partial charge < -0.3 is 9.84 Å². The van der Waals surface area contributed by atoms with Gasteiger partial charge in [0, 0.05) is 5.56 Å². The van der Waals surface area contributed by atoms with Crippen molar-refractivity contribution in [3.05, 3.63) is 28.8 Å². The minimum absolute atomic E-state index is 0.0430. The van der Waals surface area contributed by atoms with Crippen LogP contribution in [0.15, 0.2) is 12.1 Å². The fourth-order valence-electron chi connectivity index (χ4n) is 2.44. The van der Waals surface area contributed by atoms with Crippen LogP contribution in [-0.2, 0) is 23.1 Å². The van der Waals surface area contributed by atoms with Gasteiger partial charge in [-0.05, 0) is 43.2 Å². The molecule has 0 unspecified atom stereocenters. The average Bonchev–Trinajstić information content (AvgIpc) is 2.36. The molecule has 0 saturated carbocycles. The number of carboxylic acid groups (broad SMARTS) is 1. The van der Waals surface area contributed by atoms with Gasteiger partial charge >= 0.3 is 5.97 Å². The molecule has 1 aromatic rings. The van der Waals surface area contributed by atoms with E-state index in [9.17, 15) is 9.90 Å². The van der Waals surface area contributed by atoms with E-state index in [1.807, 2.05) is 0 Å². The molecule has 0 bridgehead atoms. The van der Waals surface area contributed by atoms with Crippen molar-refractivity contribution < 1.29 is 14.6 Å². The predicted octanol–water partition coefficient (Wildman–Crippen LogP) is 4.21. The third kappa shape index (κ3) is 3.99. The zero-order valence-corrected chi connectivity index (χ0v) is 14.3. The number of aryl methyl sites for hydroxylation is 1. The molecule has 0 aliphatic rings. The highest BCUT2D eigenvalue weighted by Crippen LogP contribution is 2.38. The molecular formula is C18H28O3. The first-order valence-electron chi connectivity index (χ1n) is 7.46. The van der Waals surface area contributed by atoms with Gasteiger partial charge in [-0.1, -0.05) is 39.8 Å². The Balaban J connectivity index is 3.46. The zero-order chi connectivity index (χ0) is 16.4. The van der Waals surface area contributed by atoms with Crippen molar-refractivity contribution in [1.82, 2.24) is 0 Å². The molecule has 0 radical (unpaired) electrons. The molecule has 0 amide bonds. The Morgan fingerprint density at radius 3 is 2.14 bits per heavy atom. The summed E-state index contributed by atoms with van der Waals surface area (Å²) >= 11 is 0. The molecule has 0 aliphatic carbocycles. The van der Waals surface area contributed by atoms with Gasteiger partial charge in [0.15, 0.2) is 0 Å². The van der Waals surface area contributed by atoms with Gasteiger partial charge in [0.05, 0.1) is 12.5 Å². The standard InChI is InChI=1S/C18H28O3/c1-8-12-9-13(11-18(5,6)16(19)20)15(21-7)14(10-12)17(2,3)4/h9-10H,8,11H2,1-7H3,(H,19,20). The van der Waals surface area contributed by atoms with Crippen molar-refractivity contribution in [3.63, 3.8) is 0 Å². The van der Waals surface area contributed by atoms with E-state index in [2.05, 4.69) is 39.8 Å². The normalized spacial score (nSPS) is 12.3. The Labute approximate surface area is 128 Å². The highest BCUT2D eigenvalue weighted by molar-refractivity contribution is 5.74. The largest absolute Gasteiger partial charge is 0.496 e. The lowest BCUT2D eigenvalue weighted by molar-refractivity contribution is -0.146. The van der Waals surface area contributed by atoms with Crippen molar-refractivity contribution in [2.45, 2.75) is 59.8 Å². The predicted molar refractivity (Wildman–Crippen MR) is 86.2 cm³/mol. The van der Waals surface area contributed by atoms with Crippen LogP contribution in [0, 0.1) is 5.41 Å². The number of benzene rings is 1. The topological polar surface area (TPSA) is 46.5 Å². The Kier molecular flexibility index (Phi) is 5.08. The third-order valence-corrected chi connectivity index (χ3v) is 3.86. The monoisotopic (exact) mass is 292 g/mol. The van der Waals surface area contributed by atoms with Gasteiger partial charge in [-0.15, -0.1) is 0 Å². The van der Waals surface area contributed by atoms with Crippen molar-refractivity contribution in [3.8, 4) is 5.75 Å². The first kappa shape index (κ1) is 17.5. The van der Waals surface area contributed by atoms with Crippen LogP contribution in [0.5, 0.6) is 5.75 Å². The summed E-state index contributed by atoms with van der Waals surface area (Å²) in [5.41, 5.74) is 2.49. The van der Waals surface area contributed by atoms with E-state index in [0.29, 0.717) is 6.42 Å². The van der Waals surface area contributed by atoms with Crippen LogP contribution in [0.2, 0.25) is 0 Å². The average molecular weight is 292 g/mol. The fraction of sp³-hybridized carbons (Fsp3) is 0.611. The van der Waals surface area contributed by atoms with Crippen LogP contribution in [0.25, 0.3) is 0 Å². The smallest absolute Gasteiger partial charge is 0.309 e. The maximum Gasteiger partial charge on any atom is 0.309 e. The van der Waals surface area contributed by atoms with Crippen LogP contribution >= 0.6 is 0 Å². The number of ether oxygens (including phenoxy) is 1. The SMILES string of the molecule is CCc1cc(CC(C)(C)C(=O)O)c(OC)c(C(C)(C)C)c1. The van der Waals surface area contributed by atoms with Crippen LogP contribution in [0.4, 0.5) is 0 Å². The van der Waals surface area contributed by atoms with Crippen molar-refractivity contribution in [2.24, 2.45) is 5.41 Å². The molecule has 0 fully saturated rings. The first-order valence-corrected chi connectivity index (χ1v) is 7.46. The highest BCUT2D eigenvalue weighted by Gasteiger charge is 2.30. The number of aliphatic carboxylic acids is 1. The Hall–Kier alpha value is -1.51. The molecule has 0 spiro atoms. The second-order valence-electron chi connectivity index (χ2n) is 7.31. The summed E-state index contributed by atoms with van der Waals surface area (Å²) < 4.78 is 5.64. The minimum Gasteiger partial charge on any atom is -0.496 e. The first-order chi connectivity index (χ1) is 9.52. The van der Waals surface area contributed by atoms with Gasteiger partial charge in [0.2, 0.25) is 0 Å².